The van der Waals surface area contributed by atoms with E-state index in [1.807, 2.05) is 6.07 Å². The number of aliphatic carboxylic acids is 1. The van der Waals surface area contributed by atoms with Gasteiger partial charge in [0.15, 0.2) is 0 Å². The van der Waals surface area contributed by atoms with Crippen molar-refractivity contribution in [3.63, 3.8) is 0 Å². The van der Waals surface area contributed by atoms with E-state index in [0.717, 1.165) is 0 Å². The molecule has 1 aliphatic rings. The molecule has 0 saturated carbocycles. The maximum Gasteiger partial charge on any atom is 0.329 e. The molecule has 7 nitrogen and oxygen atoms in total. The van der Waals surface area contributed by atoms with E-state index >= 15 is 0 Å². The van der Waals surface area contributed by atoms with Crippen molar-refractivity contribution in [3.8, 4) is 0 Å². The topological polar surface area (TPSA) is 113 Å². The summed E-state index contributed by atoms with van der Waals surface area (Å²) < 4.78 is 0. The number of hydrogen-bond acceptors (Lipinski definition) is 4. The van der Waals surface area contributed by atoms with Gasteiger partial charge in [0.2, 0.25) is 5.91 Å². The van der Waals surface area contributed by atoms with Crippen molar-refractivity contribution >= 4 is 17.8 Å². The Hall–Kier alpha value is -2.41. The van der Waals surface area contributed by atoms with Crippen LogP contribution in [-0.2, 0) is 9.59 Å². The van der Waals surface area contributed by atoms with Crippen molar-refractivity contribution in [1.82, 2.24) is 10.2 Å². The first-order valence-electron chi connectivity index (χ1n) is 7.07. The molecule has 0 aliphatic carbocycles. The van der Waals surface area contributed by atoms with Crippen molar-refractivity contribution in [2.75, 3.05) is 19.6 Å². The van der Waals surface area contributed by atoms with Gasteiger partial charge >= 0.3 is 5.97 Å². The molecule has 4 N–H and O–H groups in total. The van der Waals surface area contributed by atoms with E-state index in [1.165, 1.54) is 0 Å². The maximum atomic E-state index is 12.3. The zero-order chi connectivity index (χ0) is 16.2. The van der Waals surface area contributed by atoms with E-state index in [2.05, 4.69) is 5.32 Å². The van der Waals surface area contributed by atoms with Crippen molar-refractivity contribution in [3.05, 3.63) is 35.9 Å². The molecule has 118 valence electrons. The van der Waals surface area contributed by atoms with Gasteiger partial charge < -0.3 is 21.1 Å². The molecule has 7 heteroatoms. The Kier molecular flexibility index (Phi) is 4.77. The molecule has 1 aromatic rings. The number of amides is 2. The first kappa shape index (κ1) is 16.0. The molecule has 2 amide bonds. The molecule has 2 rings (SSSR count). The highest BCUT2D eigenvalue weighted by atomic mass is 16.4. The van der Waals surface area contributed by atoms with Crippen LogP contribution in [0, 0.1) is 0 Å². The van der Waals surface area contributed by atoms with Crippen molar-refractivity contribution < 1.29 is 19.5 Å². The summed E-state index contributed by atoms with van der Waals surface area (Å²) in [7, 11) is 0. The van der Waals surface area contributed by atoms with Crippen LogP contribution in [0.5, 0.6) is 0 Å². The third kappa shape index (κ3) is 3.25. The fraction of sp³-hybridized carbons (Fsp3) is 0.400. The predicted molar refractivity (Wildman–Crippen MR) is 79.1 cm³/mol. The number of benzene rings is 1. The molecule has 0 unspecified atom stereocenters. The van der Waals surface area contributed by atoms with Crippen LogP contribution in [0.15, 0.2) is 30.3 Å². The molecule has 1 aromatic carbocycles. The SMILES string of the molecule is NCC(=O)NC1(C(=O)O)CCN(C(=O)c2ccccc2)CC1. The third-order valence-electron chi connectivity index (χ3n) is 3.90. The van der Waals surface area contributed by atoms with Crippen LogP contribution < -0.4 is 11.1 Å². The summed E-state index contributed by atoms with van der Waals surface area (Å²) in [6.07, 6.45) is 0.319. The second-order valence-electron chi connectivity index (χ2n) is 5.30. The lowest BCUT2D eigenvalue weighted by Crippen LogP contribution is -2.61. The molecule has 1 aliphatic heterocycles. The summed E-state index contributed by atoms with van der Waals surface area (Å²) in [5.74, 6) is -1.74. The van der Waals surface area contributed by atoms with Gasteiger partial charge in [-0.1, -0.05) is 18.2 Å². The Labute approximate surface area is 128 Å². The highest BCUT2D eigenvalue weighted by Crippen LogP contribution is 2.24. The summed E-state index contributed by atoms with van der Waals surface area (Å²) in [4.78, 5) is 36.9. The minimum atomic E-state index is -1.34. The summed E-state index contributed by atoms with van der Waals surface area (Å²) in [6.45, 7) is 0.275. The van der Waals surface area contributed by atoms with Crippen LogP contribution in [0.1, 0.15) is 23.2 Å². The van der Waals surface area contributed by atoms with Gasteiger partial charge in [-0.3, -0.25) is 9.59 Å². The normalized spacial score (nSPS) is 16.9. The van der Waals surface area contributed by atoms with Crippen molar-refractivity contribution in [2.24, 2.45) is 5.73 Å². The van der Waals surface area contributed by atoms with E-state index in [-0.39, 0.29) is 38.4 Å². The smallest absolute Gasteiger partial charge is 0.329 e. The van der Waals surface area contributed by atoms with Crippen molar-refractivity contribution in [1.29, 1.82) is 0 Å². The van der Waals surface area contributed by atoms with E-state index < -0.39 is 17.4 Å². The summed E-state index contributed by atoms with van der Waals surface area (Å²) >= 11 is 0. The number of rotatable bonds is 4. The lowest BCUT2D eigenvalue weighted by Gasteiger charge is -2.39. The number of carboxylic acids is 1. The first-order chi connectivity index (χ1) is 10.5. The number of nitrogens with zero attached hydrogens (tertiary/aromatic N) is 1. The van der Waals surface area contributed by atoms with Gasteiger partial charge in [0.05, 0.1) is 6.54 Å². The number of carbonyl (C=O) groups is 3. The van der Waals surface area contributed by atoms with Crippen LogP contribution in [0.4, 0.5) is 0 Å². The van der Waals surface area contributed by atoms with Crippen molar-refractivity contribution in [2.45, 2.75) is 18.4 Å². The predicted octanol–water partition coefficient (Wildman–Crippen LogP) is -0.179. The second kappa shape index (κ2) is 6.57. The lowest BCUT2D eigenvalue weighted by molar-refractivity contribution is -0.149. The quantitative estimate of drug-likeness (QED) is 0.714. The van der Waals surface area contributed by atoms with Gasteiger partial charge in [-0.2, -0.15) is 0 Å². The number of carbonyl (C=O) groups excluding carboxylic acids is 2. The standard InChI is InChI=1S/C15H19N3O4/c16-10-12(19)17-15(14(21)22)6-8-18(9-7-15)13(20)11-4-2-1-3-5-11/h1-5H,6-10,16H2,(H,17,19)(H,21,22). The average Bonchev–Trinajstić information content (AvgIpc) is 2.55. The fourth-order valence-corrected chi connectivity index (χ4v) is 2.57. The summed E-state index contributed by atoms with van der Waals surface area (Å²) in [5.41, 5.74) is 4.45. The van der Waals surface area contributed by atoms with Gasteiger partial charge in [-0.25, -0.2) is 4.79 Å². The third-order valence-corrected chi connectivity index (χ3v) is 3.90. The zero-order valence-corrected chi connectivity index (χ0v) is 12.1. The Morgan fingerprint density at radius 2 is 1.77 bits per heavy atom. The van der Waals surface area contributed by atoms with Gasteiger partial charge in [-0.05, 0) is 25.0 Å². The molecular weight excluding hydrogens is 286 g/mol. The van der Waals surface area contributed by atoms with Crippen LogP contribution in [0.25, 0.3) is 0 Å². The van der Waals surface area contributed by atoms with Gasteiger partial charge in [0, 0.05) is 18.7 Å². The fourth-order valence-electron chi connectivity index (χ4n) is 2.57. The number of carboxylic acid groups (broad SMARTS) is 1. The molecule has 0 radical (unpaired) electrons. The Balaban J connectivity index is 2.06. The van der Waals surface area contributed by atoms with E-state index in [0.29, 0.717) is 5.56 Å². The number of hydrogen-bond donors (Lipinski definition) is 3. The summed E-state index contributed by atoms with van der Waals surface area (Å²) in [6, 6.07) is 8.82. The molecule has 0 atom stereocenters. The molecule has 1 heterocycles. The molecule has 1 saturated heterocycles. The van der Waals surface area contributed by atoms with E-state index in [1.54, 1.807) is 29.2 Å². The van der Waals surface area contributed by atoms with Crippen LogP contribution >= 0.6 is 0 Å². The highest BCUT2D eigenvalue weighted by molar-refractivity contribution is 5.94. The minimum absolute atomic E-state index is 0.134. The zero-order valence-electron chi connectivity index (χ0n) is 12.1. The molecule has 0 aromatic heterocycles. The number of piperidine rings is 1. The van der Waals surface area contributed by atoms with Gasteiger partial charge in [0.25, 0.3) is 5.91 Å². The van der Waals surface area contributed by atoms with Crippen LogP contribution in [0.3, 0.4) is 0 Å². The first-order valence-corrected chi connectivity index (χ1v) is 7.07. The minimum Gasteiger partial charge on any atom is -0.480 e. The Morgan fingerprint density at radius 1 is 1.18 bits per heavy atom. The van der Waals surface area contributed by atoms with Crippen LogP contribution in [-0.4, -0.2) is 53.0 Å². The average molecular weight is 305 g/mol. The molecule has 0 bridgehead atoms. The van der Waals surface area contributed by atoms with Crippen LogP contribution in [0.2, 0.25) is 0 Å². The molecule has 1 fully saturated rings. The monoisotopic (exact) mass is 305 g/mol. The van der Waals surface area contributed by atoms with E-state index in [4.69, 9.17) is 5.73 Å². The number of nitrogens with two attached hydrogens (primary N) is 1. The maximum absolute atomic E-state index is 12.3. The molecule has 22 heavy (non-hydrogen) atoms. The molecular formula is C15H19N3O4. The van der Waals surface area contributed by atoms with Gasteiger partial charge in [0.1, 0.15) is 5.54 Å². The Bertz CT molecular complexity index is 565. The molecule has 0 spiro atoms. The Morgan fingerprint density at radius 3 is 2.27 bits per heavy atom. The lowest BCUT2D eigenvalue weighted by atomic mass is 9.87. The summed E-state index contributed by atoms with van der Waals surface area (Å²) in [5, 5.41) is 11.9. The largest absolute Gasteiger partial charge is 0.480 e. The van der Waals surface area contributed by atoms with Gasteiger partial charge in [-0.15, -0.1) is 0 Å². The number of nitrogens with one attached hydrogen (secondary N) is 1. The highest BCUT2D eigenvalue weighted by Gasteiger charge is 2.43. The number of likely N-dealkylation sites (tertiary alicyclic amines) is 1. The van der Waals surface area contributed by atoms with E-state index in [9.17, 15) is 19.5 Å². The second-order valence-corrected chi connectivity index (χ2v) is 5.30.